The third-order valence-electron chi connectivity index (χ3n) is 3.98. The Bertz CT molecular complexity index is 821. The number of carbonyl (C=O) groups excluding carboxylic acids is 1. The van der Waals surface area contributed by atoms with Crippen molar-refractivity contribution in [3.05, 3.63) is 59.9 Å². The molecular formula is C18H19N3O. The van der Waals surface area contributed by atoms with E-state index in [1.54, 1.807) is 4.90 Å². The second-order valence-corrected chi connectivity index (χ2v) is 5.31. The molecule has 0 aliphatic heterocycles. The van der Waals surface area contributed by atoms with Crippen molar-refractivity contribution in [2.75, 3.05) is 11.4 Å². The third kappa shape index (κ3) is 2.37. The molecule has 0 saturated heterocycles. The van der Waals surface area contributed by atoms with Crippen LogP contribution in [0.25, 0.3) is 11.0 Å². The molecule has 112 valence electrons. The number of carbonyl (C=O) groups is 1. The van der Waals surface area contributed by atoms with E-state index in [2.05, 4.69) is 4.98 Å². The number of aryl methyl sites for hydroxylation is 2. The van der Waals surface area contributed by atoms with Gasteiger partial charge in [0.05, 0.1) is 11.0 Å². The minimum Gasteiger partial charge on any atom is -0.331 e. The Balaban J connectivity index is 2.00. The summed E-state index contributed by atoms with van der Waals surface area (Å²) in [6.07, 6.45) is 0. The summed E-state index contributed by atoms with van der Waals surface area (Å²) in [5.41, 5.74) is 3.47. The van der Waals surface area contributed by atoms with Crippen LogP contribution in [0.4, 0.5) is 5.69 Å². The molecule has 0 spiro atoms. The molecular weight excluding hydrogens is 274 g/mol. The second kappa shape index (κ2) is 5.64. The number of para-hydroxylation sites is 1. The van der Waals surface area contributed by atoms with Gasteiger partial charge in [-0.3, -0.25) is 4.79 Å². The number of imidazole rings is 1. The van der Waals surface area contributed by atoms with Crippen LogP contribution in [0.15, 0.2) is 48.5 Å². The van der Waals surface area contributed by atoms with E-state index in [0.717, 1.165) is 22.5 Å². The van der Waals surface area contributed by atoms with Gasteiger partial charge in [-0.1, -0.05) is 18.2 Å². The third-order valence-corrected chi connectivity index (χ3v) is 3.98. The van der Waals surface area contributed by atoms with Crippen LogP contribution in [0.5, 0.6) is 0 Å². The van der Waals surface area contributed by atoms with E-state index >= 15 is 0 Å². The number of fused-ring (bicyclic) bond motifs is 1. The molecule has 4 nitrogen and oxygen atoms in total. The minimum atomic E-state index is -0.00101. The van der Waals surface area contributed by atoms with E-state index in [-0.39, 0.29) is 5.91 Å². The number of rotatable bonds is 3. The van der Waals surface area contributed by atoms with Crippen molar-refractivity contribution in [1.29, 1.82) is 0 Å². The summed E-state index contributed by atoms with van der Waals surface area (Å²) in [6, 6.07) is 15.4. The van der Waals surface area contributed by atoms with Crippen molar-refractivity contribution in [3.63, 3.8) is 0 Å². The molecule has 0 aliphatic rings. The lowest BCUT2D eigenvalue weighted by Gasteiger charge is -2.21. The molecule has 3 aromatic rings. The molecule has 0 aliphatic carbocycles. The molecule has 0 saturated carbocycles. The van der Waals surface area contributed by atoms with Gasteiger partial charge in [-0.25, -0.2) is 4.98 Å². The van der Waals surface area contributed by atoms with Gasteiger partial charge in [0, 0.05) is 24.8 Å². The maximum absolute atomic E-state index is 12.8. The molecule has 0 unspecified atom stereocenters. The van der Waals surface area contributed by atoms with Gasteiger partial charge in [0.2, 0.25) is 0 Å². The van der Waals surface area contributed by atoms with E-state index in [1.165, 1.54) is 0 Å². The van der Waals surface area contributed by atoms with Gasteiger partial charge in [0.1, 0.15) is 5.82 Å². The molecule has 1 amide bonds. The van der Waals surface area contributed by atoms with Crippen molar-refractivity contribution in [3.8, 4) is 0 Å². The lowest BCUT2D eigenvalue weighted by molar-refractivity contribution is 0.0988. The van der Waals surface area contributed by atoms with Crippen LogP contribution in [0, 0.1) is 6.92 Å². The lowest BCUT2D eigenvalue weighted by atomic mass is 10.1. The minimum absolute atomic E-state index is 0.00101. The lowest BCUT2D eigenvalue weighted by Crippen LogP contribution is -2.30. The van der Waals surface area contributed by atoms with Crippen LogP contribution in [0.1, 0.15) is 23.1 Å². The number of aromatic nitrogens is 2. The van der Waals surface area contributed by atoms with Crippen LogP contribution < -0.4 is 4.90 Å². The summed E-state index contributed by atoms with van der Waals surface area (Å²) < 4.78 is 2.03. The van der Waals surface area contributed by atoms with E-state index in [4.69, 9.17) is 0 Å². The first-order valence-corrected chi connectivity index (χ1v) is 7.42. The number of amides is 1. The van der Waals surface area contributed by atoms with Crippen LogP contribution in [0.2, 0.25) is 0 Å². The molecule has 2 aromatic carbocycles. The van der Waals surface area contributed by atoms with Crippen molar-refractivity contribution in [2.24, 2.45) is 7.05 Å². The van der Waals surface area contributed by atoms with Gasteiger partial charge in [0.25, 0.3) is 5.91 Å². The van der Waals surface area contributed by atoms with E-state index in [0.29, 0.717) is 12.1 Å². The highest BCUT2D eigenvalue weighted by molar-refractivity contribution is 6.07. The molecule has 0 bridgehead atoms. The molecule has 22 heavy (non-hydrogen) atoms. The highest BCUT2D eigenvalue weighted by Crippen LogP contribution is 2.20. The smallest absolute Gasteiger partial charge is 0.258 e. The molecule has 4 heteroatoms. The Morgan fingerprint density at radius 2 is 1.91 bits per heavy atom. The Labute approximate surface area is 130 Å². The fourth-order valence-electron chi connectivity index (χ4n) is 2.66. The standard InChI is InChI=1S/C18H19N3O/c1-4-21(15-8-6-5-7-9-15)18(22)14-10-11-17-16(12-14)19-13(2)20(17)3/h5-12H,4H2,1-3H3. The second-order valence-electron chi connectivity index (χ2n) is 5.31. The quantitative estimate of drug-likeness (QED) is 0.740. The normalized spacial score (nSPS) is 10.9. The molecule has 0 N–H and O–H groups in total. The van der Waals surface area contributed by atoms with Gasteiger partial charge in [-0.2, -0.15) is 0 Å². The van der Waals surface area contributed by atoms with E-state index < -0.39 is 0 Å². The van der Waals surface area contributed by atoms with Crippen molar-refractivity contribution >= 4 is 22.6 Å². The van der Waals surface area contributed by atoms with Crippen LogP contribution in [-0.4, -0.2) is 22.0 Å². The summed E-state index contributed by atoms with van der Waals surface area (Å²) >= 11 is 0. The fourth-order valence-corrected chi connectivity index (χ4v) is 2.66. The highest BCUT2D eigenvalue weighted by Gasteiger charge is 2.17. The SMILES string of the molecule is CCN(C(=O)c1ccc2c(c1)nc(C)n2C)c1ccccc1. The van der Waals surface area contributed by atoms with Gasteiger partial charge in [-0.05, 0) is 44.2 Å². The number of benzene rings is 2. The number of hydrogen-bond donors (Lipinski definition) is 0. The number of nitrogens with zero attached hydrogens (tertiary/aromatic N) is 3. The van der Waals surface area contributed by atoms with Gasteiger partial charge < -0.3 is 9.47 Å². The molecule has 1 aromatic heterocycles. The number of hydrogen-bond acceptors (Lipinski definition) is 2. The molecule has 3 rings (SSSR count). The molecule has 0 fully saturated rings. The first kappa shape index (κ1) is 14.3. The predicted molar refractivity (Wildman–Crippen MR) is 89.2 cm³/mol. The first-order valence-electron chi connectivity index (χ1n) is 7.42. The summed E-state index contributed by atoms with van der Waals surface area (Å²) in [7, 11) is 1.98. The maximum Gasteiger partial charge on any atom is 0.258 e. The first-order chi connectivity index (χ1) is 10.6. The van der Waals surface area contributed by atoms with Gasteiger partial charge >= 0.3 is 0 Å². The van der Waals surface area contributed by atoms with Crippen molar-refractivity contribution in [2.45, 2.75) is 13.8 Å². The summed E-state index contributed by atoms with van der Waals surface area (Å²) in [6.45, 7) is 4.57. The van der Waals surface area contributed by atoms with Crippen LogP contribution >= 0.6 is 0 Å². The van der Waals surface area contributed by atoms with Crippen LogP contribution in [-0.2, 0) is 7.05 Å². The van der Waals surface area contributed by atoms with Crippen LogP contribution in [0.3, 0.4) is 0 Å². The maximum atomic E-state index is 12.8. The average Bonchev–Trinajstić information content (AvgIpc) is 2.83. The zero-order valence-corrected chi connectivity index (χ0v) is 13.1. The van der Waals surface area contributed by atoms with Gasteiger partial charge in [-0.15, -0.1) is 0 Å². The van der Waals surface area contributed by atoms with Gasteiger partial charge in [0.15, 0.2) is 0 Å². The predicted octanol–water partition coefficient (Wildman–Crippen LogP) is 3.55. The fraction of sp³-hybridized carbons (Fsp3) is 0.222. The van der Waals surface area contributed by atoms with E-state index in [1.807, 2.05) is 74.0 Å². The number of anilines is 1. The Morgan fingerprint density at radius 1 is 1.18 bits per heavy atom. The average molecular weight is 293 g/mol. The summed E-state index contributed by atoms with van der Waals surface area (Å²) in [5, 5.41) is 0. The van der Waals surface area contributed by atoms with Crippen molar-refractivity contribution in [1.82, 2.24) is 9.55 Å². The van der Waals surface area contributed by atoms with Crippen molar-refractivity contribution < 1.29 is 4.79 Å². The zero-order valence-electron chi connectivity index (χ0n) is 13.1. The zero-order chi connectivity index (χ0) is 15.7. The summed E-state index contributed by atoms with van der Waals surface area (Å²) in [4.78, 5) is 19.1. The summed E-state index contributed by atoms with van der Waals surface area (Å²) in [5.74, 6) is 0.939. The Morgan fingerprint density at radius 3 is 2.59 bits per heavy atom. The highest BCUT2D eigenvalue weighted by atomic mass is 16.2. The molecule has 0 radical (unpaired) electrons. The topological polar surface area (TPSA) is 38.1 Å². The monoisotopic (exact) mass is 293 g/mol. The Hall–Kier alpha value is -2.62. The molecule has 1 heterocycles. The Kier molecular flexibility index (Phi) is 3.67. The van der Waals surface area contributed by atoms with E-state index in [9.17, 15) is 4.79 Å². The largest absolute Gasteiger partial charge is 0.331 e. The molecule has 0 atom stereocenters.